The molecule has 1 amide bonds. The Morgan fingerprint density at radius 2 is 2.00 bits per heavy atom. The first-order chi connectivity index (χ1) is 7.18. The summed E-state index contributed by atoms with van der Waals surface area (Å²) < 4.78 is 0. The Labute approximate surface area is 104 Å². The zero-order valence-corrected chi connectivity index (χ0v) is 10.8. The standard InChI is InChI=1S/C12H22N2O.ClH/c1-9-4-2-3-7-14(9)12(15)10-5-6-11(13)8-10;/h9-11H,2-8,13H2,1H3;1H. The summed E-state index contributed by atoms with van der Waals surface area (Å²) in [6, 6.07) is 0.710. The number of hydrogen-bond donors (Lipinski definition) is 1. The molecule has 2 aliphatic rings. The molecule has 3 nitrogen and oxygen atoms in total. The summed E-state index contributed by atoms with van der Waals surface area (Å²) in [5.41, 5.74) is 5.86. The van der Waals surface area contributed by atoms with Gasteiger partial charge in [0.05, 0.1) is 0 Å². The Hall–Kier alpha value is -0.280. The van der Waals surface area contributed by atoms with Crippen LogP contribution in [-0.4, -0.2) is 29.4 Å². The van der Waals surface area contributed by atoms with E-state index >= 15 is 0 Å². The van der Waals surface area contributed by atoms with Gasteiger partial charge in [0.25, 0.3) is 0 Å². The molecule has 3 unspecified atom stereocenters. The summed E-state index contributed by atoms with van der Waals surface area (Å²) in [6.45, 7) is 3.14. The van der Waals surface area contributed by atoms with Gasteiger partial charge in [-0.2, -0.15) is 0 Å². The largest absolute Gasteiger partial charge is 0.340 e. The Morgan fingerprint density at radius 3 is 2.56 bits per heavy atom. The second-order valence-corrected chi connectivity index (χ2v) is 5.15. The van der Waals surface area contributed by atoms with Crippen molar-refractivity contribution in [2.24, 2.45) is 11.7 Å². The van der Waals surface area contributed by atoms with Gasteiger partial charge in [0, 0.05) is 24.5 Å². The van der Waals surface area contributed by atoms with Crippen molar-refractivity contribution in [3.63, 3.8) is 0 Å². The van der Waals surface area contributed by atoms with Crippen LogP contribution in [0.25, 0.3) is 0 Å². The molecule has 0 bridgehead atoms. The minimum absolute atomic E-state index is 0. The maximum absolute atomic E-state index is 12.2. The summed E-state index contributed by atoms with van der Waals surface area (Å²) in [5, 5.41) is 0. The molecular weight excluding hydrogens is 224 g/mol. The molecule has 1 saturated carbocycles. The Bertz CT molecular complexity index is 247. The van der Waals surface area contributed by atoms with Crippen LogP contribution in [0.4, 0.5) is 0 Å². The van der Waals surface area contributed by atoms with Crippen LogP contribution in [0.1, 0.15) is 45.4 Å². The molecule has 4 heteroatoms. The number of hydrogen-bond acceptors (Lipinski definition) is 2. The number of nitrogens with zero attached hydrogens (tertiary/aromatic N) is 1. The summed E-state index contributed by atoms with van der Waals surface area (Å²) >= 11 is 0. The van der Waals surface area contributed by atoms with Gasteiger partial charge in [0.2, 0.25) is 5.91 Å². The van der Waals surface area contributed by atoms with E-state index in [-0.39, 0.29) is 24.4 Å². The quantitative estimate of drug-likeness (QED) is 0.769. The molecule has 94 valence electrons. The van der Waals surface area contributed by atoms with E-state index in [4.69, 9.17) is 5.73 Å². The van der Waals surface area contributed by atoms with Gasteiger partial charge in [-0.25, -0.2) is 0 Å². The predicted molar refractivity (Wildman–Crippen MR) is 67.6 cm³/mol. The van der Waals surface area contributed by atoms with Gasteiger partial charge >= 0.3 is 0 Å². The van der Waals surface area contributed by atoms with E-state index in [2.05, 4.69) is 11.8 Å². The average Bonchev–Trinajstić information content (AvgIpc) is 2.65. The second kappa shape index (κ2) is 5.87. The summed E-state index contributed by atoms with van der Waals surface area (Å²) in [7, 11) is 0. The molecule has 2 fully saturated rings. The number of halogens is 1. The Kier molecular flexibility index (Phi) is 5.06. The fourth-order valence-corrected chi connectivity index (χ4v) is 2.90. The summed E-state index contributed by atoms with van der Waals surface area (Å²) in [6.07, 6.45) is 6.55. The normalized spacial score (nSPS) is 34.6. The van der Waals surface area contributed by atoms with Crippen LogP contribution < -0.4 is 5.73 Å². The predicted octanol–water partition coefficient (Wildman–Crippen LogP) is 1.94. The molecule has 1 aliphatic carbocycles. The van der Waals surface area contributed by atoms with Crippen LogP contribution in [0.3, 0.4) is 0 Å². The number of likely N-dealkylation sites (tertiary alicyclic amines) is 1. The molecule has 2 N–H and O–H groups in total. The molecule has 16 heavy (non-hydrogen) atoms. The van der Waals surface area contributed by atoms with Gasteiger partial charge in [-0.15, -0.1) is 12.4 Å². The third-order valence-electron chi connectivity index (χ3n) is 3.91. The first-order valence-corrected chi connectivity index (χ1v) is 6.24. The summed E-state index contributed by atoms with van der Waals surface area (Å²) in [5.74, 6) is 0.593. The van der Waals surface area contributed by atoms with Gasteiger partial charge in [-0.3, -0.25) is 4.79 Å². The molecular formula is C12H23ClN2O. The van der Waals surface area contributed by atoms with Crippen LogP contribution in [0.5, 0.6) is 0 Å². The van der Waals surface area contributed by atoms with Crippen LogP contribution in [0.2, 0.25) is 0 Å². The maximum Gasteiger partial charge on any atom is 0.225 e. The minimum Gasteiger partial charge on any atom is -0.340 e. The van der Waals surface area contributed by atoms with Crippen LogP contribution >= 0.6 is 12.4 Å². The van der Waals surface area contributed by atoms with E-state index in [0.29, 0.717) is 11.9 Å². The van der Waals surface area contributed by atoms with Crippen molar-refractivity contribution >= 4 is 18.3 Å². The monoisotopic (exact) mass is 246 g/mol. The third-order valence-corrected chi connectivity index (χ3v) is 3.91. The number of piperidine rings is 1. The van der Waals surface area contributed by atoms with Gasteiger partial charge < -0.3 is 10.6 Å². The highest BCUT2D eigenvalue weighted by Gasteiger charge is 2.33. The molecule has 1 heterocycles. The van der Waals surface area contributed by atoms with E-state index in [0.717, 1.165) is 25.8 Å². The highest BCUT2D eigenvalue weighted by atomic mass is 35.5. The van der Waals surface area contributed by atoms with E-state index in [1.165, 1.54) is 19.3 Å². The topological polar surface area (TPSA) is 46.3 Å². The van der Waals surface area contributed by atoms with E-state index in [1.807, 2.05) is 0 Å². The van der Waals surface area contributed by atoms with Gasteiger partial charge in [0.1, 0.15) is 0 Å². The lowest BCUT2D eigenvalue weighted by Gasteiger charge is -2.35. The van der Waals surface area contributed by atoms with E-state index in [1.54, 1.807) is 0 Å². The summed E-state index contributed by atoms with van der Waals surface area (Å²) in [4.78, 5) is 14.3. The maximum atomic E-state index is 12.2. The fourth-order valence-electron chi connectivity index (χ4n) is 2.90. The minimum atomic E-state index is 0. The molecule has 0 spiro atoms. The SMILES string of the molecule is CC1CCCCN1C(=O)C1CCC(N)C1.Cl. The Balaban J connectivity index is 0.00000128. The number of amides is 1. The van der Waals surface area contributed by atoms with Crippen molar-refractivity contribution in [3.8, 4) is 0 Å². The lowest BCUT2D eigenvalue weighted by molar-refractivity contribution is -0.138. The molecule has 0 aromatic rings. The van der Waals surface area contributed by atoms with Crippen LogP contribution in [0.15, 0.2) is 0 Å². The van der Waals surface area contributed by atoms with Crippen molar-refractivity contribution in [3.05, 3.63) is 0 Å². The molecule has 1 saturated heterocycles. The number of carbonyl (C=O) groups is 1. The van der Waals surface area contributed by atoms with Crippen molar-refractivity contribution < 1.29 is 4.79 Å². The lowest BCUT2D eigenvalue weighted by Crippen LogP contribution is -2.44. The first-order valence-electron chi connectivity index (χ1n) is 6.24. The number of rotatable bonds is 1. The zero-order chi connectivity index (χ0) is 10.8. The first kappa shape index (κ1) is 13.8. The highest BCUT2D eigenvalue weighted by Crippen LogP contribution is 2.28. The second-order valence-electron chi connectivity index (χ2n) is 5.15. The Morgan fingerprint density at radius 1 is 1.25 bits per heavy atom. The van der Waals surface area contributed by atoms with Crippen molar-refractivity contribution in [2.75, 3.05) is 6.54 Å². The molecule has 1 aliphatic heterocycles. The molecule has 3 atom stereocenters. The van der Waals surface area contributed by atoms with Crippen molar-refractivity contribution in [1.82, 2.24) is 4.90 Å². The van der Waals surface area contributed by atoms with E-state index < -0.39 is 0 Å². The molecule has 2 rings (SSSR count). The highest BCUT2D eigenvalue weighted by molar-refractivity contribution is 5.85. The fraction of sp³-hybridized carbons (Fsp3) is 0.917. The zero-order valence-electron chi connectivity index (χ0n) is 10.0. The molecule has 0 aromatic carbocycles. The smallest absolute Gasteiger partial charge is 0.225 e. The van der Waals surface area contributed by atoms with Crippen molar-refractivity contribution in [2.45, 2.75) is 57.5 Å². The average molecular weight is 247 g/mol. The van der Waals surface area contributed by atoms with Crippen LogP contribution in [0, 0.1) is 5.92 Å². The van der Waals surface area contributed by atoms with Gasteiger partial charge in [-0.05, 0) is 45.4 Å². The van der Waals surface area contributed by atoms with Crippen LogP contribution in [-0.2, 0) is 4.79 Å². The number of nitrogens with two attached hydrogens (primary N) is 1. The van der Waals surface area contributed by atoms with Gasteiger partial charge in [-0.1, -0.05) is 0 Å². The molecule has 0 radical (unpaired) electrons. The van der Waals surface area contributed by atoms with Crippen molar-refractivity contribution in [1.29, 1.82) is 0 Å². The third kappa shape index (κ3) is 2.89. The number of carbonyl (C=O) groups excluding carboxylic acids is 1. The molecule has 0 aromatic heterocycles. The lowest BCUT2D eigenvalue weighted by atomic mass is 9.99. The van der Waals surface area contributed by atoms with Gasteiger partial charge in [0.15, 0.2) is 0 Å². The van der Waals surface area contributed by atoms with E-state index in [9.17, 15) is 4.79 Å².